The van der Waals surface area contributed by atoms with Gasteiger partial charge in [0.1, 0.15) is 34.8 Å². The third kappa shape index (κ3) is 3.06. The van der Waals surface area contributed by atoms with Crippen LogP contribution in [-0.4, -0.2) is 12.1 Å². The number of nitrogens with two attached hydrogens (primary N) is 2. The zero-order chi connectivity index (χ0) is 22.4. The van der Waals surface area contributed by atoms with Crippen LogP contribution in [0.25, 0.3) is 10.8 Å². The number of ether oxygens (including phenoxy) is 2. The summed E-state index contributed by atoms with van der Waals surface area (Å²) in [5.74, 6) is 1.13. The van der Waals surface area contributed by atoms with Crippen LogP contribution in [0.15, 0.2) is 59.5 Å². The second-order valence-corrected chi connectivity index (χ2v) is 8.36. The van der Waals surface area contributed by atoms with Crippen molar-refractivity contribution < 1.29 is 13.9 Å². The van der Waals surface area contributed by atoms with Gasteiger partial charge in [-0.05, 0) is 23.6 Å². The number of thioether (sulfide) groups is 1. The Labute approximate surface area is 187 Å². The van der Waals surface area contributed by atoms with Gasteiger partial charge in [-0.3, -0.25) is 0 Å². The molecule has 0 amide bonds. The number of hydrogen-bond donors (Lipinski definition) is 2. The van der Waals surface area contributed by atoms with Crippen molar-refractivity contribution in [3.8, 4) is 23.4 Å². The van der Waals surface area contributed by atoms with Crippen molar-refractivity contribution in [2.75, 3.05) is 18.6 Å². The quantitative estimate of drug-likeness (QED) is 0.435. The van der Waals surface area contributed by atoms with E-state index in [9.17, 15) is 9.65 Å². The molecule has 8 heteroatoms. The molecule has 158 valence electrons. The molecular formula is C24H17FN4O2S. The first kappa shape index (κ1) is 20.0. The van der Waals surface area contributed by atoms with Crippen LogP contribution in [0.5, 0.6) is 17.4 Å². The molecule has 1 aliphatic heterocycles. The topological polar surface area (TPSA) is 107 Å². The van der Waals surface area contributed by atoms with Crippen LogP contribution in [0.1, 0.15) is 21.9 Å². The fourth-order valence-corrected chi connectivity index (χ4v) is 5.23. The Morgan fingerprint density at radius 3 is 2.66 bits per heavy atom. The van der Waals surface area contributed by atoms with Crippen molar-refractivity contribution in [3.63, 3.8) is 0 Å². The molecule has 1 aromatic heterocycles. The lowest BCUT2D eigenvalue weighted by Gasteiger charge is -2.29. The van der Waals surface area contributed by atoms with Gasteiger partial charge in [-0.2, -0.15) is 10.2 Å². The second-order valence-electron chi connectivity index (χ2n) is 7.21. The molecule has 0 aliphatic carbocycles. The minimum atomic E-state index is -0.367. The number of nitriles is 1. The number of fused-ring (bicyclic) bond motifs is 3. The molecule has 0 fully saturated rings. The van der Waals surface area contributed by atoms with Gasteiger partial charge in [0, 0.05) is 21.9 Å². The van der Waals surface area contributed by atoms with E-state index >= 15 is 0 Å². The third-order valence-corrected chi connectivity index (χ3v) is 6.76. The molecule has 32 heavy (non-hydrogen) atoms. The molecule has 2 heterocycles. The van der Waals surface area contributed by atoms with Gasteiger partial charge in [0.05, 0.1) is 23.6 Å². The van der Waals surface area contributed by atoms with Crippen LogP contribution in [-0.2, 0) is 0 Å². The van der Waals surface area contributed by atoms with Gasteiger partial charge in [0.25, 0.3) is 0 Å². The van der Waals surface area contributed by atoms with Crippen molar-refractivity contribution in [2.24, 2.45) is 0 Å². The van der Waals surface area contributed by atoms with Crippen molar-refractivity contribution in [1.29, 1.82) is 5.26 Å². The highest BCUT2D eigenvalue weighted by molar-refractivity contribution is 8.00. The smallest absolute Gasteiger partial charge is 0.228 e. The Balaban J connectivity index is 1.74. The molecule has 0 spiro atoms. The Kier molecular flexibility index (Phi) is 4.76. The number of nitrogens with zero attached hydrogens (tertiary/aromatic N) is 2. The largest absolute Gasteiger partial charge is 0.497 e. The number of benzene rings is 3. The van der Waals surface area contributed by atoms with Crippen LogP contribution in [0, 0.1) is 17.1 Å². The molecule has 0 saturated carbocycles. The fourth-order valence-electron chi connectivity index (χ4n) is 3.86. The van der Waals surface area contributed by atoms with Gasteiger partial charge in [0.2, 0.25) is 5.88 Å². The number of anilines is 2. The summed E-state index contributed by atoms with van der Waals surface area (Å²) in [4.78, 5) is 5.16. The Hall–Kier alpha value is -3.96. The highest BCUT2D eigenvalue weighted by Gasteiger charge is 2.34. The Morgan fingerprint density at radius 1 is 1.12 bits per heavy atom. The minimum absolute atomic E-state index is 0.00563. The summed E-state index contributed by atoms with van der Waals surface area (Å²) in [6.45, 7) is 0. The SMILES string of the molecule is COc1ccc2c(c1)Oc1nc(N)c(C#N)c(N)c1C2Sc1ccc(F)c2ccccc12. The van der Waals surface area contributed by atoms with Crippen molar-refractivity contribution in [2.45, 2.75) is 10.1 Å². The molecule has 1 unspecified atom stereocenters. The number of pyridine rings is 1. The standard InChI is InChI=1S/C24H17FN4O2S/c1-30-12-6-7-15-18(10-12)31-24-20(21(27)16(11-26)23(28)29-24)22(15)32-19-9-8-17(25)13-4-2-3-5-14(13)19/h2-10,22H,1H3,(H4,27,28,29). The highest BCUT2D eigenvalue weighted by atomic mass is 32.2. The normalized spacial score (nSPS) is 14.2. The first-order valence-corrected chi connectivity index (χ1v) is 10.6. The summed E-state index contributed by atoms with van der Waals surface area (Å²) in [6.07, 6.45) is 0. The van der Waals surface area contributed by atoms with Gasteiger partial charge in [-0.15, -0.1) is 11.8 Å². The maximum atomic E-state index is 14.4. The maximum Gasteiger partial charge on any atom is 0.228 e. The number of nitrogen functional groups attached to an aromatic ring is 2. The molecule has 1 aliphatic rings. The first-order chi connectivity index (χ1) is 15.5. The minimum Gasteiger partial charge on any atom is -0.497 e. The van der Waals surface area contributed by atoms with E-state index in [4.69, 9.17) is 20.9 Å². The molecule has 0 saturated heterocycles. The second kappa shape index (κ2) is 7.62. The van der Waals surface area contributed by atoms with Crippen LogP contribution in [0.3, 0.4) is 0 Å². The lowest BCUT2D eigenvalue weighted by molar-refractivity contribution is 0.402. The van der Waals surface area contributed by atoms with E-state index in [2.05, 4.69) is 4.98 Å². The van der Waals surface area contributed by atoms with E-state index in [0.717, 1.165) is 15.8 Å². The van der Waals surface area contributed by atoms with E-state index in [1.165, 1.54) is 17.8 Å². The van der Waals surface area contributed by atoms with Gasteiger partial charge in [-0.25, -0.2) is 4.39 Å². The Bertz CT molecular complexity index is 1430. The molecular weight excluding hydrogens is 427 g/mol. The first-order valence-electron chi connectivity index (χ1n) is 9.70. The summed E-state index contributed by atoms with van der Waals surface area (Å²) in [5.41, 5.74) is 14.1. The van der Waals surface area contributed by atoms with Gasteiger partial charge < -0.3 is 20.9 Å². The summed E-state index contributed by atoms with van der Waals surface area (Å²) in [7, 11) is 1.57. The fraction of sp³-hybridized carbons (Fsp3) is 0.0833. The molecule has 6 nitrogen and oxygen atoms in total. The zero-order valence-corrected chi connectivity index (χ0v) is 17.7. The van der Waals surface area contributed by atoms with Gasteiger partial charge >= 0.3 is 0 Å². The van der Waals surface area contributed by atoms with Crippen LogP contribution < -0.4 is 20.9 Å². The summed E-state index contributed by atoms with van der Waals surface area (Å²) in [5, 5.41) is 10.5. The van der Waals surface area contributed by atoms with E-state index in [1.54, 1.807) is 31.4 Å². The summed E-state index contributed by atoms with van der Waals surface area (Å²) >= 11 is 1.48. The molecule has 4 aromatic rings. The van der Waals surface area contributed by atoms with Crippen LogP contribution >= 0.6 is 11.8 Å². The average Bonchev–Trinajstić information content (AvgIpc) is 2.80. The highest BCUT2D eigenvalue weighted by Crippen LogP contribution is 2.55. The van der Waals surface area contributed by atoms with E-state index < -0.39 is 0 Å². The van der Waals surface area contributed by atoms with Crippen molar-refractivity contribution in [1.82, 2.24) is 4.98 Å². The number of aromatic nitrogens is 1. The van der Waals surface area contributed by atoms with Crippen LogP contribution in [0.4, 0.5) is 15.9 Å². The number of rotatable bonds is 3. The lowest BCUT2D eigenvalue weighted by atomic mass is 9.98. The predicted molar refractivity (Wildman–Crippen MR) is 122 cm³/mol. The molecule has 0 bridgehead atoms. The van der Waals surface area contributed by atoms with E-state index in [-0.39, 0.29) is 34.0 Å². The molecule has 0 radical (unpaired) electrons. The van der Waals surface area contributed by atoms with Crippen molar-refractivity contribution >= 4 is 34.0 Å². The van der Waals surface area contributed by atoms with Gasteiger partial charge in [0.15, 0.2) is 0 Å². The summed E-state index contributed by atoms with van der Waals surface area (Å²) in [6, 6.07) is 18.0. The third-order valence-electron chi connectivity index (χ3n) is 5.43. The van der Waals surface area contributed by atoms with Crippen LogP contribution in [0.2, 0.25) is 0 Å². The summed E-state index contributed by atoms with van der Waals surface area (Å²) < 4.78 is 25.7. The average molecular weight is 444 g/mol. The van der Waals surface area contributed by atoms with Gasteiger partial charge in [-0.1, -0.05) is 30.3 Å². The molecule has 3 aromatic carbocycles. The predicted octanol–water partition coefficient (Wildman–Crippen LogP) is 5.41. The van der Waals surface area contributed by atoms with E-state index in [1.807, 2.05) is 30.3 Å². The number of hydrogen-bond acceptors (Lipinski definition) is 7. The number of methoxy groups -OCH3 is 1. The van der Waals surface area contributed by atoms with Crippen molar-refractivity contribution in [3.05, 3.63) is 77.1 Å². The van der Waals surface area contributed by atoms with E-state index in [0.29, 0.717) is 22.4 Å². The molecule has 1 atom stereocenters. The maximum absolute atomic E-state index is 14.4. The lowest BCUT2D eigenvalue weighted by Crippen LogP contribution is -2.15. The zero-order valence-electron chi connectivity index (χ0n) is 16.9. The monoisotopic (exact) mass is 444 g/mol. The molecule has 4 N–H and O–H groups in total. The Morgan fingerprint density at radius 2 is 1.91 bits per heavy atom. The number of halogens is 1. The molecule has 5 rings (SSSR count).